The van der Waals surface area contributed by atoms with Crippen LogP contribution in [0.4, 0.5) is 0 Å². The van der Waals surface area contributed by atoms with E-state index in [-0.39, 0.29) is 0 Å². The molecule has 8 nitrogen and oxygen atoms in total. The van der Waals surface area contributed by atoms with Gasteiger partial charge in [0.15, 0.2) is 29.6 Å². The van der Waals surface area contributed by atoms with Gasteiger partial charge in [0.2, 0.25) is 0 Å². The molecule has 0 unspecified atom stereocenters. The summed E-state index contributed by atoms with van der Waals surface area (Å²) >= 11 is 0. The first-order valence-corrected chi connectivity index (χ1v) is 8.65. The predicted octanol–water partition coefficient (Wildman–Crippen LogP) is 2.69. The molecule has 28 heavy (non-hydrogen) atoms. The summed E-state index contributed by atoms with van der Waals surface area (Å²) in [6, 6.07) is 10.8. The van der Waals surface area contributed by atoms with Crippen LogP contribution in [-0.2, 0) is 11.3 Å². The van der Waals surface area contributed by atoms with Crippen LogP contribution in [0.3, 0.4) is 0 Å². The largest absolute Gasteiger partial charge is 0.493 e. The van der Waals surface area contributed by atoms with Crippen LogP contribution >= 0.6 is 0 Å². The van der Waals surface area contributed by atoms with Crippen LogP contribution < -0.4 is 24.4 Å². The Bertz CT molecular complexity index is 822. The van der Waals surface area contributed by atoms with Gasteiger partial charge in [-0.1, -0.05) is 6.07 Å². The highest BCUT2D eigenvalue weighted by atomic mass is 16.5. The number of methoxy groups -OCH3 is 2. The third kappa shape index (κ3) is 6.08. The lowest BCUT2D eigenvalue weighted by atomic mass is 10.2. The average Bonchev–Trinajstić information content (AvgIpc) is 2.70. The molecule has 0 radical (unpaired) electrons. The normalized spacial score (nSPS) is 10.5. The van der Waals surface area contributed by atoms with Gasteiger partial charge in [0, 0.05) is 0 Å². The second-order valence-corrected chi connectivity index (χ2v) is 5.60. The highest BCUT2D eigenvalue weighted by Gasteiger charge is 2.08. The molecule has 2 N–H and O–H groups in total. The molecule has 0 heterocycles. The lowest BCUT2D eigenvalue weighted by Crippen LogP contribution is -2.10. The zero-order valence-corrected chi connectivity index (χ0v) is 16.1. The molecule has 0 spiro atoms. The molecule has 0 fully saturated rings. The fraction of sp³-hybridized carbons (Fsp3) is 0.300. The van der Waals surface area contributed by atoms with Crippen LogP contribution in [0.25, 0.3) is 0 Å². The molecule has 2 aromatic carbocycles. The number of benzene rings is 2. The molecule has 0 bridgehead atoms. The van der Waals surface area contributed by atoms with Gasteiger partial charge in [-0.25, -0.2) is 4.79 Å². The Hall–Kier alpha value is -3.42. The van der Waals surface area contributed by atoms with Crippen molar-refractivity contribution in [3.8, 4) is 23.0 Å². The minimum absolute atomic E-state index is 0.375. The van der Waals surface area contributed by atoms with Crippen LogP contribution in [0.5, 0.6) is 23.0 Å². The second-order valence-electron chi connectivity index (χ2n) is 5.60. The highest BCUT2D eigenvalue weighted by molar-refractivity contribution is 5.80. The number of nitrogens with one attached hydrogen (secondary N) is 1. The maximum Gasteiger partial charge on any atom is 0.341 e. The van der Waals surface area contributed by atoms with Crippen LogP contribution in [-0.4, -0.2) is 44.7 Å². The van der Waals surface area contributed by atoms with Crippen molar-refractivity contribution in [3.63, 3.8) is 0 Å². The first-order valence-electron chi connectivity index (χ1n) is 8.65. The smallest absolute Gasteiger partial charge is 0.341 e. The number of hydrogen-bond donors (Lipinski definition) is 2. The number of carboxylic acid groups (broad SMARTS) is 1. The number of nitrogens with zero attached hydrogens (tertiary/aromatic N) is 1. The third-order valence-corrected chi connectivity index (χ3v) is 3.65. The summed E-state index contributed by atoms with van der Waals surface area (Å²) in [7, 11) is 3.18. The van der Waals surface area contributed by atoms with E-state index in [9.17, 15) is 4.79 Å². The predicted molar refractivity (Wildman–Crippen MR) is 105 cm³/mol. The summed E-state index contributed by atoms with van der Waals surface area (Å²) in [5.74, 6) is 1.12. The van der Waals surface area contributed by atoms with E-state index in [0.717, 1.165) is 11.1 Å². The first kappa shape index (κ1) is 20.9. The quantitative estimate of drug-likeness (QED) is 0.451. The Labute approximate surface area is 163 Å². The Morgan fingerprint density at radius 2 is 1.79 bits per heavy atom. The molecule has 0 aliphatic carbocycles. The van der Waals surface area contributed by atoms with Gasteiger partial charge in [-0.05, 0) is 48.4 Å². The molecule has 0 amide bonds. The summed E-state index contributed by atoms with van der Waals surface area (Å²) in [6.45, 7) is 2.35. The molecule has 2 rings (SSSR count). The van der Waals surface area contributed by atoms with Crippen molar-refractivity contribution >= 4 is 12.2 Å². The molecule has 0 aliphatic rings. The molecule has 0 aromatic heterocycles. The van der Waals surface area contributed by atoms with Crippen molar-refractivity contribution in [3.05, 3.63) is 47.5 Å². The van der Waals surface area contributed by atoms with E-state index in [1.54, 1.807) is 38.6 Å². The summed E-state index contributed by atoms with van der Waals surface area (Å²) in [5.41, 5.74) is 4.74. The van der Waals surface area contributed by atoms with Gasteiger partial charge in [-0.3, -0.25) is 0 Å². The van der Waals surface area contributed by atoms with E-state index in [1.165, 1.54) is 0 Å². The molecule has 0 aliphatic heterocycles. The molecule has 0 saturated carbocycles. The zero-order valence-electron chi connectivity index (χ0n) is 16.1. The van der Waals surface area contributed by atoms with Crippen LogP contribution in [0.1, 0.15) is 18.1 Å². The van der Waals surface area contributed by atoms with Gasteiger partial charge in [-0.2, -0.15) is 5.10 Å². The average molecular weight is 388 g/mol. The zero-order chi connectivity index (χ0) is 20.4. The Balaban J connectivity index is 1.99. The van der Waals surface area contributed by atoms with E-state index in [0.29, 0.717) is 36.1 Å². The molecule has 2 aromatic rings. The fourth-order valence-corrected chi connectivity index (χ4v) is 2.38. The summed E-state index contributed by atoms with van der Waals surface area (Å²) in [4.78, 5) is 10.7. The van der Waals surface area contributed by atoms with E-state index in [4.69, 9.17) is 24.1 Å². The maximum atomic E-state index is 10.7. The Morgan fingerprint density at radius 3 is 2.46 bits per heavy atom. The molecule has 8 heteroatoms. The van der Waals surface area contributed by atoms with E-state index >= 15 is 0 Å². The molecule has 0 atom stereocenters. The second kappa shape index (κ2) is 10.7. The van der Waals surface area contributed by atoms with Gasteiger partial charge >= 0.3 is 5.97 Å². The SMILES string of the molecule is CCOc1cc(/C=N/NCc2ccc(OC)c(OC)c2)ccc1OCC(=O)O. The van der Waals surface area contributed by atoms with Gasteiger partial charge in [0.1, 0.15) is 0 Å². The van der Waals surface area contributed by atoms with Gasteiger partial charge in [0.25, 0.3) is 0 Å². The number of carboxylic acids is 1. The van der Waals surface area contributed by atoms with Crippen molar-refractivity contribution < 1.29 is 28.8 Å². The van der Waals surface area contributed by atoms with E-state index in [1.807, 2.05) is 25.1 Å². The Morgan fingerprint density at radius 1 is 1.04 bits per heavy atom. The molecule has 0 saturated heterocycles. The van der Waals surface area contributed by atoms with Crippen molar-refractivity contribution in [2.24, 2.45) is 5.10 Å². The first-order chi connectivity index (χ1) is 13.6. The fourth-order valence-electron chi connectivity index (χ4n) is 2.38. The van der Waals surface area contributed by atoms with Crippen molar-refractivity contribution in [1.29, 1.82) is 0 Å². The van der Waals surface area contributed by atoms with E-state index in [2.05, 4.69) is 10.5 Å². The monoisotopic (exact) mass is 388 g/mol. The minimum Gasteiger partial charge on any atom is -0.493 e. The van der Waals surface area contributed by atoms with Crippen molar-refractivity contribution in [1.82, 2.24) is 5.43 Å². The summed E-state index contributed by atoms with van der Waals surface area (Å²) < 4.78 is 21.2. The molecular formula is C20H24N2O6. The summed E-state index contributed by atoms with van der Waals surface area (Å²) in [5, 5.41) is 12.9. The number of hydrogen-bond acceptors (Lipinski definition) is 7. The summed E-state index contributed by atoms with van der Waals surface area (Å²) in [6.07, 6.45) is 1.64. The topological polar surface area (TPSA) is 98.6 Å². The highest BCUT2D eigenvalue weighted by Crippen LogP contribution is 2.28. The molecular weight excluding hydrogens is 364 g/mol. The van der Waals surface area contributed by atoms with Crippen LogP contribution in [0.2, 0.25) is 0 Å². The van der Waals surface area contributed by atoms with Gasteiger partial charge < -0.3 is 29.5 Å². The lowest BCUT2D eigenvalue weighted by molar-refractivity contribution is -0.139. The number of aliphatic carboxylic acids is 1. The lowest BCUT2D eigenvalue weighted by Gasteiger charge is -2.11. The number of carbonyl (C=O) groups is 1. The standard InChI is InChI=1S/C20H24N2O6/c1-4-27-19-10-15(6-8-17(19)28-13-20(23)24)12-22-21-11-14-5-7-16(25-2)18(9-14)26-3/h5-10,12,21H,4,11,13H2,1-3H3,(H,23,24)/b22-12+. The minimum atomic E-state index is -1.05. The van der Waals surface area contributed by atoms with Gasteiger partial charge in [0.05, 0.1) is 33.6 Å². The number of rotatable bonds is 11. The Kier molecular flexibility index (Phi) is 7.95. The van der Waals surface area contributed by atoms with E-state index < -0.39 is 12.6 Å². The van der Waals surface area contributed by atoms with Crippen molar-refractivity contribution in [2.75, 3.05) is 27.4 Å². The number of hydrazone groups is 1. The van der Waals surface area contributed by atoms with Crippen LogP contribution in [0.15, 0.2) is 41.5 Å². The molecule has 150 valence electrons. The number of ether oxygens (including phenoxy) is 4. The van der Waals surface area contributed by atoms with Crippen LogP contribution in [0, 0.1) is 0 Å². The third-order valence-electron chi connectivity index (χ3n) is 3.65. The van der Waals surface area contributed by atoms with Gasteiger partial charge in [-0.15, -0.1) is 0 Å². The maximum absolute atomic E-state index is 10.7. The van der Waals surface area contributed by atoms with Crippen molar-refractivity contribution in [2.45, 2.75) is 13.5 Å².